The molecular formula is C20H16ClN3O4S. The van der Waals surface area contributed by atoms with Gasteiger partial charge in [-0.3, -0.25) is 19.8 Å². The third kappa shape index (κ3) is 3.38. The molecule has 2 aromatic carbocycles. The summed E-state index contributed by atoms with van der Waals surface area (Å²) in [5, 5.41) is 11.7. The number of carbonyl (C=O) groups excluding carboxylic acids is 1. The van der Waals surface area contributed by atoms with E-state index in [-0.39, 0.29) is 27.7 Å². The third-order valence-corrected chi connectivity index (χ3v) is 6.40. The molecule has 148 valence electrons. The van der Waals surface area contributed by atoms with Gasteiger partial charge in [0.05, 0.1) is 22.8 Å². The van der Waals surface area contributed by atoms with E-state index in [4.69, 9.17) is 16.3 Å². The zero-order valence-electron chi connectivity index (χ0n) is 15.5. The normalized spacial score (nSPS) is 19.0. The minimum atomic E-state index is -0.523. The van der Waals surface area contributed by atoms with E-state index in [2.05, 4.69) is 4.98 Å². The SMILES string of the molecule is COc1ccc2cc(C3SC(C)C(=O)N3c3ccccc3[N+](=O)[O-])c(Cl)nc2c1. The van der Waals surface area contributed by atoms with Crippen LogP contribution in [-0.2, 0) is 4.79 Å². The fourth-order valence-corrected chi connectivity index (χ4v) is 4.94. The molecule has 3 aromatic rings. The highest BCUT2D eigenvalue weighted by Gasteiger charge is 2.43. The highest BCUT2D eigenvalue weighted by molar-refractivity contribution is 8.01. The number of para-hydroxylation sites is 2. The van der Waals surface area contributed by atoms with E-state index in [0.717, 1.165) is 5.39 Å². The van der Waals surface area contributed by atoms with Crippen molar-refractivity contribution in [1.29, 1.82) is 0 Å². The summed E-state index contributed by atoms with van der Waals surface area (Å²) >= 11 is 7.88. The van der Waals surface area contributed by atoms with Gasteiger partial charge in [-0.15, -0.1) is 11.8 Å². The maximum Gasteiger partial charge on any atom is 0.293 e. The van der Waals surface area contributed by atoms with Crippen LogP contribution in [0.15, 0.2) is 48.5 Å². The molecule has 1 fully saturated rings. The second-order valence-electron chi connectivity index (χ2n) is 6.51. The molecule has 2 heterocycles. The maximum absolute atomic E-state index is 12.9. The van der Waals surface area contributed by atoms with Crippen molar-refractivity contribution in [2.75, 3.05) is 12.0 Å². The third-order valence-electron chi connectivity index (χ3n) is 4.76. The molecule has 4 rings (SSSR count). The summed E-state index contributed by atoms with van der Waals surface area (Å²) in [6.45, 7) is 1.78. The van der Waals surface area contributed by atoms with Gasteiger partial charge in [0.1, 0.15) is 22.0 Å². The summed E-state index contributed by atoms with van der Waals surface area (Å²) in [6, 6.07) is 13.5. The van der Waals surface area contributed by atoms with Crippen molar-refractivity contribution in [2.45, 2.75) is 17.5 Å². The van der Waals surface area contributed by atoms with E-state index < -0.39 is 10.3 Å². The zero-order chi connectivity index (χ0) is 20.7. The van der Waals surface area contributed by atoms with Crippen LogP contribution < -0.4 is 9.64 Å². The van der Waals surface area contributed by atoms with Crippen LogP contribution in [0.5, 0.6) is 5.75 Å². The number of anilines is 1. The first-order chi connectivity index (χ1) is 13.9. The standard InChI is InChI=1S/C20H16ClN3O4S/c1-11-19(25)23(16-5-3-4-6-17(16)24(26)27)20(29-11)14-9-12-7-8-13(28-2)10-15(12)22-18(14)21/h3-11,20H,1-2H3. The number of amides is 1. The summed E-state index contributed by atoms with van der Waals surface area (Å²) < 4.78 is 5.23. The molecular weight excluding hydrogens is 414 g/mol. The van der Waals surface area contributed by atoms with Gasteiger partial charge < -0.3 is 4.74 Å². The average molecular weight is 430 g/mol. The van der Waals surface area contributed by atoms with Gasteiger partial charge in [0.15, 0.2) is 0 Å². The molecule has 0 spiro atoms. The number of nitro groups is 1. The molecule has 1 aliphatic rings. The van der Waals surface area contributed by atoms with Crippen LogP contribution in [0.4, 0.5) is 11.4 Å². The van der Waals surface area contributed by atoms with Gasteiger partial charge in [-0.05, 0) is 31.2 Å². The molecule has 1 aromatic heterocycles. The van der Waals surface area contributed by atoms with E-state index in [1.165, 1.54) is 22.7 Å². The molecule has 29 heavy (non-hydrogen) atoms. The van der Waals surface area contributed by atoms with Crippen LogP contribution in [0.2, 0.25) is 5.15 Å². The quantitative estimate of drug-likeness (QED) is 0.330. The van der Waals surface area contributed by atoms with Crippen LogP contribution in [-0.4, -0.2) is 28.2 Å². The van der Waals surface area contributed by atoms with E-state index in [1.807, 2.05) is 18.2 Å². The lowest BCUT2D eigenvalue weighted by molar-refractivity contribution is -0.384. The van der Waals surface area contributed by atoms with Crippen LogP contribution in [0.1, 0.15) is 17.9 Å². The number of hydrogen-bond donors (Lipinski definition) is 0. The van der Waals surface area contributed by atoms with E-state index in [0.29, 0.717) is 16.8 Å². The number of hydrogen-bond acceptors (Lipinski definition) is 6. The molecule has 9 heteroatoms. The Bertz CT molecular complexity index is 1140. The number of thioether (sulfide) groups is 1. The van der Waals surface area contributed by atoms with Crippen molar-refractivity contribution >= 4 is 51.5 Å². The van der Waals surface area contributed by atoms with Crippen LogP contribution in [0, 0.1) is 10.1 Å². The second kappa shape index (κ2) is 7.53. The molecule has 2 unspecified atom stereocenters. The van der Waals surface area contributed by atoms with Gasteiger partial charge in [0, 0.05) is 23.1 Å². The fraction of sp³-hybridized carbons (Fsp3) is 0.200. The van der Waals surface area contributed by atoms with Gasteiger partial charge >= 0.3 is 0 Å². The first-order valence-corrected chi connectivity index (χ1v) is 10.1. The Morgan fingerprint density at radius 1 is 1.24 bits per heavy atom. The summed E-state index contributed by atoms with van der Waals surface area (Å²) in [7, 11) is 1.57. The van der Waals surface area contributed by atoms with Crippen molar-refractivity contribution in [2.24, 2.45) is 0 Å². The lowest BCUT2D eigenvalue weighted by Crippen LogP contribution is -2.30. The first kappa shape index (κ1) is 19.5. The molecule has 7 nitrogen and oxygen atoms in total. The predicted molar refractivity (Wildman–Crippen MR) is 114 cm³/mol. The lowest BCUT2D eigenvalue weighted by atomic mass is 10.1. The lowest BCUT2D eigenvalue weighted by Gasteiger charge is -2.24. The van der Waals surface area contributed by atoms with Crippen molar-refractivity contribution < 1.29 is 14.5 Å². The molecule has 0 radical (unpaired) electrons. The van der Waals surface area contributed by atoms with Gasteiger partial charge in [-0.1, -0.05) is 23.7 Å². The number of nitrogens with zero attached hydrogens (tertiary/aromatic N) is 3. The van der Waals surface area contributed by atoms with Crippen LogP contribution >= 0.6 is 23.4 Å². The Morgan fingerprint density at radius 2 is 2.00 bits per heavy atom. The number of methoxy groups -OCH3 is 1. The summed E-state index contributed by atoms with van der Waals surface area (Å²) in [5.41, 5.74) is 1.41. The average Bonchev–Trinajstić information content (AvgIpc) is 3.01. The highest BCUT2D eigenvalue weighted by Crippen LogP contribution is 2.49. The Hall–Kier alpha value is -2.84. The minimum absolute atomic E-state index is 0.129. The Balaban J connectivity index is 1.86. The summed E-state index contributed by atoms with van der Waals surface area (Å²) in [5.74, 6) is 0.453. The Labute approximate surface area is 175 Å². The highest BCUT2D eigenvalue weighted by atomic mass is 35.5. The Morgan fingerprint density at radius 3 is 2.72 bits per heavy atom. The van der Waals surface area contributed by atoms with Crippen LogP contribution in [0.3, 0.4) is 0 Å². The zero-order valence-corrected chi connectivity index (χ0v) is 17.1. The van der Waals surface area contributed by atoms with Crippen molar-refractivity contribution in [1.82, 2.24) is 4.98 Å². The second-order valence-corrected chi connectivity index (χ2v) is 8.30. The fourth-order valence-electron chi connectivity index (χ4n) is 3.34. The van der Waals surface area contributed by atoms with Crippen LogP contribution in [0.25, 0.3) is 10.9 Å². The molecule has 2 atom stereocenters. The van der Waals surface area contributed by atoms with E-state index in [9.17, 15) is 14.9 Å². The summed E-state index contributed by atoms with van der Waals surface area (Å²) in [6.07, 6.45) is 0. The summed E-state index contributed by atoms with van der Waals surface area (Å²) in [4.78, 5) is 29.9. The molecule has 0 N–H and O–H groups in total. The molecule has 0 bridgehead atoms. The van der Waals surface area contributed by atoms with Crippen molar-refractivity contribution in [3.63, 3.8) is 0 Å². The topological polar surface area (TPSA) is 85.6 Å². The maximum atomic E-state index is 12.9. The predicted octanol–water partition coefficient (Wildman–Crippen LogP) is 4.97. The minimum Gasteiger partial charge on any atom is -0.497 e. The number of carbonyl (C=O) groups is 1. The number of fused-ring (bicyclic) bond motifs is 1. The Kier molecular flexibility index (Phi) is 5.06. The number of rotatable bonds is 4. The van der Waals surface area contributed by atoms with Gasteiger partial charge in [0.2, 0.25) is 5.91 Å². The number of ether oxygens (including phenoxy) is 1. The van der Waals surface area contributed by atoms with Gasteiger partial charge in [0.25, 0.3) is 5.69 Å². The van der Waals surface area contributed by atoms with Crippen molar-refractivity contribution in [3.8, 4) is 5.75 Å². The molecule has 1 amide bonds. The van der Waals surface area contributed by atoms with E-state index >= 15 is 0 Å². The number of benzene rings is 2. The molecule has 0 saturated carbocycles. The monoisotopic (exact) mass is 429 g/mol. The molecule has 1 aliphatic heterocycles. The molecule has 1 saturated heterocycles. The first-order valence-electron chi connectivity index (χ1n) is 8.77. The van der Waals surface area contributed by atoms with Gasteiger partial charge in [-0.2, -0.15) is 0 Å². The molecule has 0 aliphatic carbocycles. The van der Waals surface area contributed by atoms with Crippen molar-refractivity contribution in [3.05, 3.63) is 69.4 Å². The van der Waals surface area contributed by atoms with Gasteiger partial charge in [-0.25, -0.2) is 4.98 Å². The largest absolute Gasteiger partial charge is 0.497 e. The number of halogens is 1. The number of pyridine rings is 1. The number of nitro benzene ring substituents is 1. The smallest absolute Gasteiger partial charge is 0.293 e. The number of aromatic nitrogens is 1. The van der Waals surface area contributed by atoms with E-state index in [1.54, 1.807) is 38.3 Å².